The lowest BCUT2D eigenvalue weighted by Crippen LogP contribution is -1.85. The summed E-state index contributed by atoms with van der Waals surface area (Å²) in [6.45, 7) is 0. The van der Waals surface area contributed by atoms with Crippen molar-refractivity contribution in [2.24, 2.45) is 0 Å². The van der Waals surface area contributed by atoms with E-state index in [1.807, 2.05) is 6.07 Å². The van der Waals surface area contributed by atoms with Gasteiger partial charge in [-0.1, -0.05) is 24.3 Å². The zero-order valence-corrected chi connectivity index (χ0v) is 8.31. The molecule has 2 nitrogen and oxygen atoms in total. The maximum Gasteiger partial charge on any atom is 0.133 e. The molecule has 0 amide bonds. The van der Waals surface area contributed by atoms with E-state index in [4.69, 9.17) is 5.26 Å². The number of aromatic hydroxyl groups is 1. The lowest BCUT2D eigenvalue weighted by Gasteiger charge is -2.04. The summed E-state index contributed by atoms with van der Waals surface area (Å²) in [6.07, 6.45) is 0. The van der Waals surface area contributed by atoms with Crippen molar-refractivity contribution in [2.45, 2.75) is 0 Å². The van der Waals surface area contributed by atoms with E-state index in [0.29, 0.717) is 11.1 Å². The lowest BCUT2D eigenvalue weighted by atomic mass is 10.0. The summed E-state index contributed by atoms with van der Waals surface area (Å²) in [5.41, 5.74) is 1.13. The molecule has 2 rings (SSSR count). The summed E-state index contributed by atoms with van der Waals surface area (Å²) < 4.78 is 13.5. The van der Waals surface area contributed by atoms with Crippen molar-refractivity contribution in [2.75, 3.05) is 0 Å². The van der Waals surface area contributed by atoms with Crippen LogP contribution in [-0.2, 0) is 0 Å². The van der Waals surface area contributed by atoms with Gasteiger partial charge in [-0.3, -0.25) is 0 Å². The molecular formula is C13H8FNO. The minimum Gasteiger partial charge on any atom is -0.507 e. The Bertz CT molecular complexity index is 572. The highest BCUT2D eigenvalue weighted by molar-refractivity contribution is 5.67. The first kappa shape index (κ1) is 10.2. The molecule has 16 heavy (non-hydrogen) atoms. The summed E-state index contributed by atoms with van der Waals surface area (Å²) in [5, 5.41) is 18.1. The van der Waals surface area contributed by atoms with Crippen molar-refractivity contribution in [3.63, 3.8) is 0 Å². The van der Waals surface area contributed by atoms with Gasteiger partial charge in [0.15, 0.2) is 0 Å². The molecule has 0 saturated heterocycles. The van der Waals surface area contributed by atoms with Crippen LogP contribution in [0.1, 0.15) is 5.56 Å². The number of halogens is 1. The molecule has 2 aromatic carbocycles. The average Bonchev–Trinajstić information content (AvgIpc) is 2.31. The van der Waals surface area contributed by atoms with Gasteiger partial charge in [0, 0.05) is 5.56 Å². The topological polar surface area (TPSA) is 44.0 Å². The third-order valence-corrected chi connectivity index (χ3v) is 2.30. The minimum absolute atomic E-state index is 0.0948. The summed E-state index contributed by atoms with van der Waals surface area (Å²) in [4.78, 5) is 0. The molecule has 0 saturated carbocycles. The first-order valence-corrected chi connectivity index (χ1v) is 4.70. The van der Waals surface area contributed by atoms with E-state index in [9.17, 15) is 9.50 Å². The van der Waals surface area contributed by atoms with Crippen LogP contribution >= 0.6 is 0 Å². The van der Waals surface area contributed by atoms with Crippen molar-refractivity contribution in [3.05, 3.63) is 53.8 Å². The van der Waals surface area contributed by atoms with Crippen LogP contribution in [0.3, 0.4) is 0 Å². The van der Waals surface area contributed by atoms with Crippen LogP contribution in [0.4, 0.5) is 4.39 Å². The van der Waals surface area contributed by atoms with E-state index in [-0.39, 0.29) is 17.1 Å². The quantitative estimate of drug-likeness (QED) is 0.791. The van der Waals surface area contributed by atoms with Gasteiger partial charge >= 0.3 is 0 Å². The van der Waals surface area contributed by atoms with Crippen LogP contribution in [0.5, 0.6) is 5.75 Å². The maximum atomic E-state index is 13.5. The van der Waals surface area contributed by atoms with E-state index in [1.54, 1.807) is 24.3 Å². The van der Waals surface area contributed by atoms with Crippen LogP contribution in [0.2, 0.25) is 0 Å². The van der Waals surface area contributed by atoms with Crippen molar-refractivity contribution in [1.29, 1.82) is 5.26 Å². The molecule has 0 bridgehead atoms. The normalized spacial score (nSPS) is 9.75. The second-order valence-corrected chi connectivity index (χ2v) is 3.32. The van der Waals surface area contributed by atoms with Gasteiger partial charge in [-0.15, -0.1) is 0 Å². The van der Waals surface area contributed by atoms with Gasteiger partial charge in [0.05, 0.1) is 5.56 Å². The van der Waals surface area contributed by atoms with Gasteiger partial charge in [-0.2, -0.15) is 5.26 Å². The number of nitriles is 1. The molecule has 0 spiro atoms. The first-order chi connectivity index (χ1) is 7.72. The predicted molar refractivity (Wildman–Crippen MR) is 58.2 cm³/mol. The summed E-state index contributed by atoms with van der Waals surface area (Å²) in [6, 6.07) is 12.6. The number of nitrogens with zero attached hydrogens (tertiary/aromatic N) is 1. The third kappa shape index (κ3) is 1.73. The van der Waals surface area contributed by atoms with Crippen molar-refractivity contribution < 1.29 is 9.50 Å². The fraction of sp³-hybridized carbons (Fsp3) is 0. The van der Waals surface area contributed by atoms with E-state index < -0.39 is 0 Å². The Morgan fingerprint density at radius 1 is 1.12 bits per heavy atom. The molecule has 0 atom stereocenters. The maximum absolute atomic E-state index is 13.5. The van der Waals surface area contributed by atoms with Crippen LogP contribution < -0.4 is 0 Å². The zero-order valence-electron chi connectivity index (χ0n) is 8.31. The Balaban J connectivity index is 2.59. The van der Waals surface area contributed by atoms with Gasteiger partial charge in [0.25, 0.3) is 0 Å². The van der Waals surface area contributed by atoms with E-state index in [1.165, 1.54) is 18.2 Å². The molecule has 0 unspecified atom stereocenters. The van der Waals surface area contributed by atoms with Crippen LogP contribution in [-0.4, -0.2) is 5.11 Å². The van der Waals surface area contributed by atoms with Gasteiger partial charge in [-0.05, 0) is 23.8 Å². The minimum atomic E-state index is -0.350. The van der Waals surface area contributed by atoms with Crippen LogP contribution in [0, 0.1) is 17.1 Å². The van der Waals surface area contributed by atoms with E-state index >= 15 is 0 Å². The molecule has 0 aliphatic carbocycles. The van der Waals surface area contributed by atoms with Crippen molar-refractivity contribution in [1.82, 2.24) is 0 Å². The Labute approximate surface area is 92.2 Å². The number of hydrogen-bond acceptors (Lipinski definition) is 2. The molecular weight excluding hydrogens is 205 g/mol. The Kier molecular flexibility index (Phi) is 2.57. The predicted octanol–water partition coefficient (Wildman–Crippen LogP) is 3.07. The van der Waals surface area contributed by atoms with Crippen LogP contribution in [0.25, 0.3) is 11.1 Å². The Morgan fingerprint density at radius 3 is 2.56 bits per heavy atom. The summed E-state index contributed by atoms with van der Waals surface area (Å²) in [5.74, 6) is -0.445. The standard InChI is InChI=1S/C13H8FNO/c14-12-4-2-1-3-11(12)9-5-6-13(16)10(7-9)8-15/h1-7,16H. The first-order valence-electron chi connectivity index (χ1n) is 4.70. The summed E-state index contributed by atoms with van der Waals surface area (Å²) >= 11 is 0. The number of hydrogen-bond donors (Lipinski definition) is 1. The van der Waals surface area contributed by atoms with Crippen molar-refractivity contribution in [3.8, 4) is 22.9 Å². The van der Waals surface area contributed by atoms with E-state index in [0.717, 1.165) is 0 Å². The molecule has 0 aliphatic heterocycles. The smallest absolute Gasteiger partial charge is 0.133 e. The Morgan fingerprint density at radius 2 is 1.88 bits per heavy atom. The number of rotatable bonds is 1. The van der Waals surface area contributed by atoms with Gasteiger partial charge in [0.2, 0.25) is 0 Å². The molecule has 78 valence electrons. The van der Waals surface area contributed by atoms with Crippen LogP contribution in [0.15, 0.2) is 42.5 Å². The highest BCUT2D eigenvalue weighted by Gasteiger charge is 2.07. The molecule has 0 heterocycles. The lowest BCUT2D eigenvalue weighted by molar-refractivity contribution is 0.473. The molecule has 0 aromatic heterocycles. The van der Waals surface area contributed by atoms with Gasteiger partial charge in [0.1, 0.15) is 17.6 Å². The van der Waals surface area contributed by atoms with E-state index in [2.05, 4.69) is 0 Å². The molecule has 1 N–H and O–H groups in total. The number of phenolic OH excluding ortho intramolecular Hbond substituents is 1. The second-order valence-electron chi connectivity index (χ2n) is 3.32. The SMILES string of the molecule is N#Cc1cc(-c2ccccc2F)ccc1O. The number of phenols is 1. The molecule has 0 radical (unpaired) electrons. The second kappa shape index (κ2) is 4.03. The largest absolute Gasteiger partial charge is 0.507 e. The molecule has 0 aliphatic rings. The third-order valence-electron chi connectivity index (χ3n) is 2.30. The molecule has 0 fully saturated rings. The molecule has 3 heteroatoms. The van der Waals surface area contributed by atoms with Gasteiger partial charge in [-0.25, -0.2) is 4.39 Å². The summed E-state index contributed by atoms with van der Waals surface area (Å²) in [7, 11) is 0. The fourth-order valence-corrected chi connectivity index (χ4v) is 1.49. The average molecular weight is 213 g/mol. The fourth-order valence-electron chi connectivity index (χ4n) is 1.49. The number of benzene rings is 2. The van der Waals surface area contributed by atoms with Gasteiger partial charge < -0.3 is 5.11 Å². The van der Waals surface area contributed by atoms with Crippen molar-refractivity contribution >= 4 is 0 Å². The molecule has 2 aromatic rings. The highest BCUT2D eigenvalue weighted by Crippen LogP contribution is 2.27. The highest BCUT2D eigenvalue weighted by atomic mass is 19.1. The Hall–Kier alpha value is -2.34. The zero-order chi connectivity index (χ0) is 11.5. The monoisotopic (exact) mass is 213 g/mol.